The number of nitrogens with one attached hydrogen (secondary N) is 2. The SMILES string of the molecule is NCC1CCCNC1C1CCCNC1. The Morgan fingerprint density at radius 1 is 1.14 bits per heavy atom. The smallest absolute Gasteiger partial charge is 0.0148 e. The molecule has 2 aliphatic rings. The Balaban J connectivity index is 1.91. The van der Waals surface area contributed by atoms with Gasteiger partial charge in [0.1, 0.15) is 0 Å². The van der Waals surface area contributed by atoms with Crippen molar-refractivity contribution in [2.45, 2.75) is 31.7 Å². The molecule has 2 fully saturated rings. The molecule has 0 radical (unpaired) electrons. The summed E-state index contributed by atoms with van der Waals surface area (Å²) in [5.74, 6) is 1.53. The summed E-state index contributed by atoms with van der Waals surface area (Å²) in [6.07, 6.45) is 5.34. The fourth-order valence-corrected chi connectivity index (χ4v) is 2.98. The minimum Gasteiger partial charge on any atom is -0.330 e. The van der Waals surface area contributed by atoms with Crippen LogP contribution in [0.1, 0.15) is 25.7 Å². The minimum atomic E-state index is 0.682. The molecular weight excluding hydrogens is 174 g/mol. The van der Waals surface area contributed by atoms with Gasteiger partial charge in [0.15, 0.2) is 0 Å². The van der Waals surface area contributed by atoms with E-state index in [0.29, 0.717) is 12.0 Å². The van der Waals surface area contributed by atoms with Crippen LogP contribution in [-0.2, 0) is 0 Å². The lowest BCUT2D eigenvalue weighted by atomic mass is 9.79. The van der Waals surface area contributed by atoms with Crippen molar-refractivity contribution in [3.8, 4) is 0 Å². The van der Waals surface area contributed by atoms with E-state index in [1.807, 2.05) is 0 Å². The molecule has 3 atom stereocenters. The van der Waals surface area contributed by atoms with Crippen LogP contribution in [-0.4, -0.2) is 32.2 Å². The van der Waals surface area contributed by atoms with Crippen LogP contribution in [0.25, 0.3) is 0 Å². The molecule has 2 heterocycles. The normalized spacial score (nSPS) is 39.6. The van der Waals surface area contributed by atoms with Crippen LogP contribution in [0.5, 0.6) is 0 Å². The molecular formula is C11H23N3. The van der Waals surface area contributed by atoms with Gasteiger partial charge in [0.25, 0.3) is 0 Å². The third-order valence-corrected chi connectivity index (χ3v) is 3.79. The van der Waals surface area contributed by atoms with E-state index in [9.17, 15) is 0 Å². The molecule has 0 aliphatic carbocycles. The first-order valence-corrected chi connectivity index (χ1v) is 6.06. The highest BCUT2D eigenvalue weighted by atomic mass is 15.0. The highest BCUT2D eigenvalue weighted by molar-refractivity contribution is 4.89. The summed E-state index contributed by atoms with van der Waals surface area (Å²) in [7, 11) is 0. The molecule has 0 saturated carbocycles. The van der Waals surface area contributed by atoms with E-state index in [2.05, 4.69) is 10.6 Å². The highest BCUT2D eigenvalue weighted by Crippen LogP contribution is 2.25. The van der Waals surface area contributed by atoms with Crippen LogP contribution in [0, 0.1) is 11.8 Å². The number of hydrogen-bond donors (Lipinski definition) is 3. The second-order valence-electron chi connectivity index (χ2n) is 4.72. The average molecular weight is 197 g/mol. The fourth-order valence-electron chi connectivity index (χ4n) is 2.98. The van der Waals surface area contributed by atoms with Gasteiger partial charge in [-0.25, -0.2) is 0 Å². The summed E-state index contributed by atoms with van der Waals surface area (Å²) < 4.78 is 0. The molecule has 0 aromatic carbocycles. The molecule has 0 spiro atoms. The number of nitrogens with two attached hydrogens (primary N) is 1. The van der Waals surface area contributed by atoms with E-state index < -0.39 is 0 Å². The van der Waals surface area contributed by atoms with Gasteiger partial charge in [-0.2, -0.15) is 0 Å². The fraction of sp³-hybridized carbons (Fsp3) is 1.00. The first-order valence-electron chi connectivity index (χ1n) is 6.06. The Morgan fingerprint density at radius 2 is 2.00 bits per heavy atom. The molecule has 82 valence electrons. The topological polar surface area (TPSA) is 50.1 Å². The molecule has 0 amide bonds. The van der Waals surface area contributed by atoms with Crippen LogP contribution in [0.3, 0.4) is 0 Å². The largest absolute Gasteiger partial charge is 0.330 e. The molecule has 2 saturated heterocycles. The molecule has 2 rings (SSSR count). The molecule has 3 heteroatoms. The highest BCUT2D eigenvalue weighted by Gasteiger charge is 2.31. The zero-order valence-corrected chi connectivity index (χ0v) is 8.97. The standard InChI is InChI=1S/C11H23N3/c12-7-9-3-2-6-14-11(9)10-4-1-5-13-8-10/h9-11,13-14H,1-8,12H2. The van der Waals surface area contributed by atoms with Crippen molar-refractivity contribution in [3.63, 3.8) is 0 Å². The molecule has 0 aromatic heterocycles. The molecule has 4 N–H and O–H groups in total. The maximum atomic E-state index is 5.84. The van der Waals surface area contributed by atoms with Gasteiger partial charge in [-0.15, -0.1) is 0 Å². The van der Waals surface area contributed by atoms with Crippen LogP contribution in [0.4, 0.5) is 0 Å². The average Bonchev–Trinajstić information content (AvgIpc) is 2.30. The monoisotopic (exact) mass is 197 g/mol. The van der Waals surface area contributed by atoms with Gasteiger partial charge in [0.05, 0.1) is 0 Å². The van der Waals surface area contributed by atoms with Crippen molar-refractivity contribution >= 4 is 0 Å². The van der Waals surface area contributed by atoms with Gasteiger partial charge in [-0.1, -0.05) is 0 Å². The third kappa shape index (κ3) is 2.27. The molecule has 3 nitrogen and oxygen atoms in total. The van der Waals surface area contributed by atoms with Crippen molar-refractivity contribution in [3.05, 3.63) is 0 Å². The lowest BCUT2D eigenvalue weighted by Gasteiger charge is -2.39. The van der Waals surface area contributed by atoms with Crippen molar-refractivity contribution in [1.82, 2.24) is 10.6 Å². The van der Waals surface area contributed by atoms with E-state index in [0.717, 1.165) is 12.5 Å². The van der Waals surface area contributed by atoms with Gasteiger partial charge in [-0.05, 0) is 63.7 Å². The predicted octanol–water partition coefficient (Wildman–Crippen LogP) is 0.313. The number of rotatable bonds is 2. The van der Waals surface area contributed by atoms with Crippen molar-refractivity contribution in [1.29, 1.82) is 0 Å². The Labute approximate surface area is 86.8 Å². The summed E-state index contributed by atoms with van der Waals surface area (Å²) in [6, 6.07) is 0.682. The van der Waals surface area contributed by atoms with Crippen molar-refractivity contribution in [2.24, 2.45) is 17.6 Å². The lowest BCUT2D eigenvalue weighted by Crippen LogP contribution is -2.52. The molecule has 0 aromatic rings. The molecule has 2 aliphatic heterocycles. The first kappa shape index (κ1) is 10.4. The summed E-state index contributed by atoms with van der Waals surface area (Å²) >= 11 is 0. The Kier molecular flexibility index (Phi) is 3.79. The van der Waals surface area contributed by atoms with E-state index in [-0.39, 0.29) is 0 Å². The second-order valence-corrected chi connectivity index (χ2v) is 4.72. The molecule has 0 bridgehead atoms. The van der Waals surface area contributed by atoms with Crippen LogP contribution < -0.4 is 16.4 Å². The Bertz CT molecular complexity index is 166. The number of piperidine rings is 2. The van der Waals surface area contributed by atoms with Gasteiger partial charge in [-0.3, -0.25) is 0 Å². The lowest BCUT2D eigenvalue weighted by molar-refractivity contribution is 0.184. The van der Waals surface area contributed by atoms with E-state index in [1.165, 1.54) is 45.3 Å². The predicted molar refractivity (Wildman–Crippen MR) is 59.2 cm³/mol. The molecule has 3 unspecified atom stereocenters. The third-order valence-electron chi connectivity index (χ3n) is 3.79. The second kappa shape index (κ2) is 5.10. The van der Waals surface area contributed by atoms with Gasteiger partial charge >= 0.3 is 0 Å². The summed E-state index contributed by atoms with van der Waals surface area (Å²) in [5.41, 5.74) is 5.84. The summed E-state index contributed by atoms with van der Waals surface area (Å²) in [5, 5.41) is 7.17. The summed E-state index contributed by atoms with van der Waals surface area (Å²) in [6.45, 7) is 4.44. The Hall–Kier alpha value is -0.120. The maximum absolute atomic E-state index is 5.84. The van der Waals surface area contributed by atoms with Crippen LogP contribution in [0.15, 0.2) is 0 Å². The van der Waals surface area contributed by atoms with Crippen LogP contribution >= 0.6 is 0 Å². The maximum Gasteiger partial charge on any atom is 0.0148 e. The van der Waals surface area contributed by atoms with Crippen molar-refractivity contribution < 1.29 is 0 Å². The number of hydrogen-bond acceptors (Lipinski definition) is 3. The zero-order valence-electron chi connectivity index (χ0n) is 8.97. The minimum absolute atomic E-state index is 0.682. The quantitative estimate of drug-likeness (QED) is 0.597. The Morgan fingerprint density at radius 3 is 2.71 bits per heavy atom. The van der Waals surface area contributed by atoms with E-state index in [1.54, 1.807) is 0 Å². The molecule has 14 heavy (non-hydrogen) atoms. The van der Waals surface area contributed by atoms with Gasteiger partial charge in [0.2, 0.25) is 0 Å². The van der Waals surface area contributed by atoms with Gasteiger partial charge < -0.3 is 16.4 Å². The van der Waals surface area contributed by atoms with Crippen molar-refractivity contribution in [2.75, 3.05) is 26.2 Å². The summed E-state index contributed by atoms with van der Waals surface area (Å²) in [4.78, 5) is 0. The zero-order chi connectivity index (χ0) is 9.80. The van der Waals surface area contributed by atoms with E-state index in [4.69, 9.17) is 5.73 Å². The van der Waals surface area contributed by atoms with Gasteiger partial charge in [0, 0.05) is 6.04 Å². The van der Waals surface area contributed by atoms with E-state index >= 15 is 0 Å². The first-order chi connectivity index (χ1) is 6.92. The van der Waals surface area contributed by atoms with Crippen LogP contribution in [0.2, 0.25) is 0 Å².